The molecule has 1 atom stereocenters. The van der Waals surface area contributed by atoms with Crippen molar-refractivity contribution in [1.29, 1.82) is 0 Å². The van der Waals surface area contributed by atoms with Crippen molar-refractivity contribution in [1.82, 2.24) is 15.0 Å². The quantitative estimate of drug-likeness (QED) is 0.844. The zero-order chi connectivity index (χ0) is 17.9. The Labute approximate surface area is 153 Å². The van der Waals surface area contributed by atoms with Crippen molar-refractivity contribution in [3.05, 3.63) is 52.9 Å². The third-order valence-electron chi connectivity index (χ3n) is 5.39. The Kier molecular flexibility index (Phi) is 5.04. The number of aryl methyl sites for hydroxylation is 1. The molecule has 1 saturated heterocycles. The van der Waals surface area contributed by atoms with E-state index in [9.17, 15) is 4.79 Å². The number of rotatable bonds is 4. The van der Waals surface area contributed by atoms with E-state index >= 15 is 0 Å². The van der Waals surface area contributed by atoms with E-state index in [0.29, 0.717) is 12.2 Å². The van der Waals surface area contributed by atoms with Gasteiger partial charge in [-0.3, -0.25) is 9.69 Å². The number of aromatic nitrogens is 1. The average Bonchev–Trinajstić information content (AvgIpc) is 3.15. The Morgan fingerprint density at radius 1 is 1.31 bits per heavy atom. The van der Waals surface area contributed by atoms with Gasteiger partial charge in [-0.05, 0) is 30.4 Å². The number of hydrogen-bond donors (Lipinski definition) is 0. The van der Waals surface area contributed by atoms with E-state index in [0.717, 1.165) is 51.3 Å². The van der Waals surface area contributed by atoms with Gasteiger partial charge in [-0.2, -0.15) is 0 Å². The molecule has 0 spiro atoms. The summed E-state index contributed by atoms with van der Waals surface area (Å²) in [5.41, 5.74) is 2.99. The van der Waals surface area contributed by atoms with E-state index in [2.05, 4.69) is 28.3 Å². The molecule has 4 rings (SSSR count). The normalized spacial score (nSPS) is 20.6. The second-order valence-electron chi connectivity index (χ2n) is 7.09. The highest BCUT2D eigenvalue weighted by atomic mass is 16.5. The fraction of sp³-hybridized carbons (Fsp3) is 0.500. The summed E-state index contributed by atoms with van der Waals surface area (Å²) in [4.78, 5) is 17.0. The Balaban J connectivity index is 1.46. The zero-order valence-corrected chi connectivity index (χ0v) is 15.2. The molecule has 1 aliphatic carbocycles. The summed E-state index contributed by atoms with van der Waals surface area (Å²) in [6.45, 7) is 3.90. The second kappa shape index (κ2) is 7.60. The molecular formula is C20H25N3O3. The van der Waals surface area contributed by atoms with Crippen LogP contribution in [0.5, 0.6) is 0 Å². The van der Waals surface area contributed by atoms with Crippen molar-refractivity contribution in [2.24, 2.45) is 0 Å². The minimum absolute atomic E-state index is 0.0799. The number of carbonyl (C=O) groups excluding carboxylic acids is 1. The molecule has 1 aromatic heterocycles. The predicted molar refractivity (Wildman–Crippen MR) is 96.8 cm³/mol. The molecule has 1 aliphatic heterocycles. The molecule has 0 bridgehead atoms. The van der Waals surface area contributed by atoms with Crippen LogP contribution in [0, 0.1) is 0 Å². The zero-order valence-electron chi connectivity index (χ0n) is 15.2. The van der Waals surface area contributed by atoms with Crippen molar-refractivity contribution in [3.63, 3.8) is 0 Å². The largest absolute Gasteiger partial charge is 0.379 e. The molecule has 0 radical (unpaired) electrons. The third kappa shape index (κ3) is 3.52. The average molecular weight is 355 g/mol. The lowest BCUT2D eigenvalue weighted by atomic mass is 9.87. The Hall–Kier alpha value is -2.18. The van der Waals surface area contributed by atoms with Crippen LogP contribution in [0.3, 0.4) is 0 Å². The Morgan fingerprint density at radius 3 is 2.96 bits per heavy atom. The highest BCUT2D eigenvalue weighted by Crippen LogP contribution is 2.34. The lowest BCUT2D eigenvalue weighted by Gasteiger charge is -2.32. The van der Waals surface area contributed by atoms with Gasteiger partial charge in [-0.1, -0.05) is 29.4 Å². The number of morpholine rings is 1. The second-order valence-corrected chi connectivity index (χ2v) is 7.09. The number of amides is 1. The maximum atomic E-state index is 12.9. The van der Waals surface area contributed by atoms with Gasteiger partial charge >= 0.3 is 0 Å². The first-order chi connectivity index (χ1) is 12.7. The number of nitrogens with zero attached hydrogens (tertiary/aromatic N) is 3. The summed E-state index contributed by atoms with van der Waals surface area (Å²) in [5.74, 6) is 0.649. The van der Waals surface area contributed by atoms with Crippen LogP contribution in [0.2, 0.25) is 0 Å². The molecule has 1 unspecified atom stereocenters. The first-order valence-electron chi connectivity index (χ1n) is 9.33. The van der Waals surface area contributed by atoms with Crippen molar-refractivity contribution in [2.75, 3.05) is 33.4 Å². The molecule has 1 aromatic carbocycles. The molecule has 1 amide bonds. The lowest BCUT2D eigenvalue weighted by molar-refractivity contribution is 0.0305. The van der Waals surface area contributed by atoms with E-state index in [-0.39, 0.29) is 11.9 Å². The number of hydrogen-bond acceptors (Lipinski definition) is 5. The van der Waals surface area contributed by atoms with Gasteiger partial charge in [0.15, 0.2) is 11.5 Å². The van der Waals surface area contributed by atoms with Crippen molar-refractivity contribution in [3.8, 4) is 0 Å². The molecular weight excluding hydrogens is 330 g/mol. The molecule has 26 heavy (non-hydrogen) atoms. The molecule has 0 N–H and O–H groups in total. The minimum atomic E-state index is -0.0799. The summed E-state index contributed by atoms with van der Waals surface area (Å²) in [6.07, 6.45) is 3.17. The van der Waals surface area contributed by atoms with Gasteiger partial charge < -0.3 is 14.2 Å². The molecule has 138 valence electrons. The van der Waals surface area contributed by atoms with Crippen molar-refractivity contribution >= 4 is 5.91 Å². The van der Waals surface area contributed by atoms with E-state index in [4.69, 9.17) is 9.26 Å². The Bertz CT molecular complexity index is 767. The molecule has 0 saturated carbocycles. The van der Waals surface area contributed by atoms with Crippen LogP contribution < -0.4 is 0 Å². The third-order valence-corrected chi connectivity index (χ3v) is 5.39. The van der Waals surface area contributed by atoms with Crippen LogP contribution in [-0.2, 0) is 17.7 Å². The van der Waals surface area contributed by atoms with Gasteiger partial charge in [-0.25, -0.2) is 0 Å². The standard InChI is InChI=1S/C20H25N3O3/c1-22(19-8-4-6-15-5-2-3-7-17(15)19)20(24)18-13-16(26-21-18)14-23-9-11-25-12-10-23/h2-3,5,7,13,19H,4,6,8-12,14H2,1H3. The van der Waals surface area contributed by atoms with Gasteiger partial charge in [0.25, 0.3) is 5.91 Å². The van der Waals surface area contributed by atoms with E-state index < -0.39 is 0 Å². The molecule has 6 nitrogen and oxygen atoms in total. The molecule has 2 aromatic rings. The number of benzene rings is 1. The monoisotopic (exact) mass is 355 g/mol. The molecule has 2 heterocycles. The summed E-state index contributed by atoms with van der Waals surface area (Å²) in [7, 11) is 1.87. The van der Waals surface area contributed by atoms with Crippen LogP contribution in [0.15, 0.2) is 34.9 Å². The van der Waals surface area contributed by atoms with E-state index in [1.165, 1.54) is 11.1 Å². The summed E-state index contributed by atoms with van der Waals surface area (Å²) in [6, 6.07) is 10.3. The van der Waals surface area contributed by atoms with E-state index in [1.54, 1.807) is 6.07 Å². The van der Waals surface area contributed by atoms with Crippen molar-refractivity contribution in [2.45, 2.75) is 31.8 Å². The summed E-state index contributed by atoms with van der Waals surface area (Å²) >= 11 is 0. The van der Waals surface area contributed by atoms with Crippen LogP contribution in [-0.4, -0.2) is 54.2 Å². The molecule has 2 aliphatic rings. The van der Waals surface area contributed by atoms with Gasteiger partial charge in [0.2, 0.25) is 0 Å². The van der Waals surface area contributed by atoms with Crippen LogP contribution in [0.25, 0.3) is 0 Å². The maximum Gasteiger partial charge on any atom is 0.276 e. The topological polar surface area (TPSA) is 58.8 Å². The first kappa shape index (κ1) is 17.2. The minimum Gasteiger partial charge on any atom is -0.379 e. The van der Waals surface area contributed by atoms with Gasteiger partial charge in [0.05, 0.1) is 25.8 Å². The highest BCUT2D eigenvalue weighted by molar-refractivity contribution is 5.92. The molecule has 1 fully saturated rings. The molecule has 6 heteroatoms. The van der Waals surface area contributed by atoms with Gasteiger partial charge in [-0.15, -0.1) is 0 Å². The summed E-state index contributed by atoms with van der Waals surface area (Å²) < 4.78 is 10.8. The number of ether oxygens (including phenoxy) is 1. The van der Waals surface area contributed by atoms with Gasteiger partial charge in [0, 0.05) is 26.2 Å². The highest BCUT2D eigenvalue weighted by Gasteiger charge is 2.28. The fourth-order valence-electron chi connectivity index (χ4n) is 3.92. The van der Waals surface area contributed by atoms with Crippen molar-refractivity contribution < 1.29 is 14.1 Å². The Morgan fingerprint density at radius 2 is 2.12 bits per heavy atom. The number of fused-ring (bicyclic) bond motifs is 1. The van der Waals surface area contributed by atoms with Crippen LogP contribution in [0.1, 0.15) is 46.3 Å². The van der Waals surface area contributed by atoms with Gasteiger partial charge in [0.1, 0.15) is 0 Å². The predicted octanol–water partition coefficient (Wildman–Crippen LogP) is 2.66. The first-order valence-corrected chi connectivity index (χ1v) is 9.33. The summed E-state index contributed by atoms with van der Waals surface area (Å²) in [5, 5.41) is 4.03. The SMILES string of the molecule is CN(C(=O)c1cc(CN2CCOCC2)on1)C1CCCc2ccccc21. The van der Waals surface area contributed by atoms with Crippen LogP contribution in [0.4, 0.5) is 0 Å². The lowest BCUT2D eigenvalue weighted by Crippen LogP contribution is -2.35. The maximum absolute atomic E-state index is 12.9. The number of carbonyl (C=O) groups is 1. The fourth-order valence-corrected chi connectivity index (χ4v) is 3.92. The smallest absolute Gasteiger partial charge is 0.276 e. The van der Waals surface area contributed by atoms with E-state index in [1.807, 2.05) is 18.0 Å². The van der Waals surface area contributed by atoms with Crippen LogP contribution >= 0.6 is 0 Å².